The Bertz CT molecular complexity index is 186. The van der Waals surface area contributed by atoms with Gasteiger partial charge in [0.05, 0.1) is 0 Å². The summed E-state index contributed by atoms with van der Waals surface area (Å²) in [7, 11) is 0. The zero-order valence-corrected chi connectivity index (χ0v) is 13.4. The molecule has 1 atom stereocenters. The third-order valence-corrected chi connectivity index (χ3v) is 1.93. The van der Waals surface area contributed by atoms with Crippen LogP contribution in [0.2, 0.25) is 0 Å². The van der Waals surface area contributed by atoms with Gasteiger partial charge in [-0.25, -0.2) is 0 Å². The first-order valence-corrected chi connectivity index (χ1v) is 3.80. The van der Waals surface area contributed by atoms with Gasteiger partial charge in [-0.1, -0.05) is 20.3 Å². The van der Waals surface area contributed by atoms with Gasteiger partial charge in [0.2, 0.25) is 0 Å². The average molecular weight is 406 g/mol. The van der Waals surface area contributed by atoms with Gasteiger partial charge < -0.3 is 0 Å². The number of hydrogen-bond acceptors (Lipinski definition) is 0. The molecule has 0 fully saturated rings. The molecular weight excluding hydrogens is 393 g/mol. The van der Waals surface area contributed by atoms with E-state index in [9.17, 15) is 0 Å². The number of hydrogen-bond donors (Lipinski definition) is 0. The smallest absolute Gasteiger partial charge is 0 e. The third-order valence-electron chi connectivity index (χ3n) is 1.93. The van der Waals surface area contributed by atoms with Gasteiger partial charge in [0.1, 0.15) is 0 Å². The summed E-state index contributed by atoms with van der Waals surface area (Å²) in [5.41, 5.74) is 1.42. The third kappa shape index (κ3) is 4.90. The van der Waals surface area contributed by atoms with Crippen LogP contribution in [0.5, 0.6) is 0 Å². The second kappa shape index (κ2) is 8.60. The van der Waals surface area contributed by atoms with E-state index in [4.69, 9.17) is 0 Å². The van der Waals surface area contributed by atoms with E-state index in [1.807, 2.05) is 12.1 Å². The van der Waals surface area contributed by atoms with Gasteiger partial charge >= 0.3 is 0 Å². The Morgan fingerprint density at radius 3 is 2.25 bits per heavy atom. The number of rotatable bonds is 2. The van der Waals surface area contributed by atoms with Crippen LogP contribution in [0.1, 0.15) is 31.7 Å². The molecule has 0 aliphatic carbocycles. The van der Waals surface area contributed by atoms with Gasteiger partial charge in [-0.3, -0.25) is 0 Å². The molecule has 0 saturated carbocycles. The Morgan fingerprint density at radius 1 is 1.33 bits per heavy atom. The van der Waals surface area contributed by atoms with Gasteiger partial charge in [-0.05, 0) is 5.92 Å². The molecule has 0 aromatic heterocycles. The monoisotopic (exact) mass is 406 g/mol. The zero-order valence-electron chi connectivity index (χ0n) is 7.58. The quantitative estimate of drug-likeness (QED) is 0.663. The fraction of sp³-hybridized carbons (Fsp3) is 0.400. The fourth-order valence-corrected chi connectivity index (χ4v) is 0.964. The van der Waals surface area contributed by atoms with Crippen LogP contribution in [-0.4, -0.2) is 0 Å². The molecule has 63 valence electrons. The van der Waals surface area contributed by atoms with Crippen LogP contribution in [0.3, 0.4) is 0 Å². The maximum Gasteiger partial charge on any atom is 0 e. The van der Waals surface area contributed by atoms with Crippen molar-refractivity contribution in [3.63, 3.8) is 0 Å². The zero-order chi connectivity index (χ0) is 7.40. The van der Waals surface area contributed by atoms with Crippen molar-refractivity contribution in [2.24, 2.45) is 0 Å². The van der Waals surface area contributed by atoms with Crippen molar-refractivity contribution in [3.05, 3.63) is 35.9 Å². The molecule has 12 heavy (non-hydrogen) atoms. The first kappa shape index (κ1) is 15.5. The summed E-state index contributed by atoms with van der Waals surface area (Å²) in [6.45, 7) is 4.46. The van der Waals surface area contributed by atoms with Crippen molar-refractivity contribution in [1.82, 2.24) is 0 Å². The van der Waals surface area contributed by atoms with Gasteiger partial charge in [0.25, 0.3) is 0 Å². The molecule has 0 spiro atoms. The normalized spacial score (nSPS) is 10.8. The molecule has 2 heteroatoms. The van der Waals surface area contributed by atoms with Gasteiger partial charge in [-0.15, -0.1) is 0 Å². The van der Waals surface area contributed by atoms with Crippen LogP contribution >= 0.6 is 0 Å². The minimum Gasteiger partial charge on any atom is -0.184 e. The Morgan fingerprint density at radius 2 is 1.83 bits per heavy atom. The molecule has 0 aliphatic heterocycles. The molecule has 1 aromatic rings. The fourth-order valence-electron chi connectivity index (χ4n) is 0.964. The van der Waals surface area contributed by atoms with Crippen LogP contribution in [0.4, 0.5) is 0 Å². The minimum absolute atomic E-state index is 0. The Kier molecular flexibility index (Phi) is 11.1. The molecule has 1 aromatic carbocycles. The Hall–Kier alpha value is 1.01. The summed E-state index contributed by atoms with van der Waals surface area (Å²) in [6.07, 6.45) is 1.21. The van der Waals surface area contributed by atoms with Gasteiger partial charge in [0, 0.05) is 53.8 Å². The van der Waals surface area contributed by atoms with E-state index in [1.54, 1.807) is 0 Å². The molecule has 0 saturated heterocycles. The van der Waals surface area contributed by atoms with E-state index in [1.165, 1.54) is 12.0 Å². The van der Waals surface area contributed by atoms with Crippen molar-refractivity contribution in [2.75, 3.05) is 0 Å². The standard InChI is InChI=1S/C10H13.W.Y/c1-3-9(2)10-7-5-4-6-8-10;;/h5-9H,3H2,1-2H3;;/q-1;;. The summed E-state index contributed by atoms with van der Waals surface area (Å²) in [5, 5.41) is 0. The minimum atomic E-state index is 0. The summed E-state index contributed by atoms with van der Waals surface area (Å²) >= 11 is 0. The molecule has 0 N–H and O–H groups in total. The maximum absolute atomic E-state index is 3.01. The van der Waals surface area contributed by atoms with Crippen LogP contribution in [-0.2, 0) is 53.8 Å². The first-order valence-electron chi connectivity index (χ1n) is 3.80. The van der Waals surface area contributed by atoms with Gasteiger partial charge in [0.15, 0.2) is 0 Å². The SMILES string of the molecule is CCC(C)c1cc[c-]cc1.[W].[Y]. The molecular formula is C10H13WY-. The summed E-state index contributed by atoms with van der Waals surface area (Å²) in [6, 6.07) is 11.2. The molecule has 0 aliphatic rings. The largest absolute Gasteiger partial charge is 0.184 e. The predicted molar refractivity (Wildman–Crippen MR) is 44.0 cm³/mol. The van der Waals surface area contributed by atoms with E-state index in [0.29, 0.717) is 5.92 Å². The second-order valence-electron chi connectivity index (χ2n) is 2.64. The Labute approximate surface area is 115 Å². The van der Waals surface area contributed by atoms with E-state index < -0.39 is 0 Å². The van der Waals surface area contributed by atoms with Crippen LogP contribution in [0.25, 0.3) is 0 Å². The summed E-state index contributed by atoms with van der Waals surface area (Å²) < 4.78 is 0. The first-order chi connectivity index (χ1) is 4.84. The van der Waals surface area contributed by atoms with Crippen molar-refractivity contribution in [1.29, 1.82) is 0 Å². The van der Waals surface area contributed by atoms with Crippen molar-refractivity contribution in [3.8, 4) is 0 Å². The van der Waals surface area contributed by atoms with Crippen molar-refractivity contribution < 1.29 is 53.8 Å². The molecule has 1 rings (SSSR count). The topological polar surface area (TPSA) is 0 Å². The number of benzene rings is 1. The van der Waals surface area contributed by atoms with E-state index in [0.717, 1.165) is 0 Å². The molecule has 1 radical (unpaired) electrons. The molecule has 0 nitrogen and oxygen atoms in total. The average Bonchev–Trinajstić information content (AvgIpc) is 2.05. The predicted octanol–water partition coefficient (Wildman–Crippen LogP) is 3.00. The van der Waals surface area contributed by atoms with E-state index >= 15 is 0 Å². The second-order valence-corrected chi connectivity index (χ2v) is 2.64. The van der Waals surface area contributed by atoms with Crippen molar-refractivity contribution in [2.45, 2.75) is 26.2 Å². The van der Waals surface area contributed by atoms with Crippen LogP contribution in [0, 0.1) is 6.07 Å². The van der Waals surface area contributed by atoms with Crippen LogP contribution in [0.15, 0.2) is 24.3 Å². The molecule has 0 heterocycles. The molecule has 1 unspecified atom stereocenters. The maximum atomic E-state index is 3.01. The Balaban J connectivity index is 0. The molecule has 0 amide bonds. The van der Waals surface area contributed by atoms with E-state index in [-0.39, 0.29) is 53.8 Å². The van der Waals surface area contributed by atoms with E-state index in [2.05, 4.69) is 32.0 Å². The van der Waals surface area contributed by atoms with Crippen LogP contribution < -0.4 is 0 Å². The van der Waals surface area contributed by atoms with Gasteiger partial charge in [-0.2, -0.15) is 35.9 Å². The summed E-state index contributed by atoms with van der Waals surface area (Å²) in [4.78, 5) is 0. The molecule has 0 bridgehead atoms. The summed E-state index contributed by atoms with van der Waals surface area (Å²) in [5.74, 6) is 0.689. The van der Waals surface area contributed by atoms with Crippen molar-refractivity contribution >= 4 is 0 Å².